The topological polar surface area (TPSA) is 38.0 Å². The smallest absolute Gasteiger partial charge is 0.123 e. The molecular weight excluding hydrogens is 215 g/mol. The van der Waals surface area contributed by atoms with Gasteiger partial charge in [-0.3, -0.25) is 11.3 Å². The van der Waals surface area contributed by atoms with E-state index in [0.29, 0.717) is 5.92 Å². The zero-order chi connectivity index (χ0) is 12.3. The third kappa shape index (κ3) is 2.85. The van der Waals surface area contributed by atoms with Crippen molar-refractivity contribution in [1.82, 2.24) is 5.43 Å². The molecule has 0 amide bonds. The summed E-state index contributed by atoms with van der Waals surface area (Å²) in [7, 11) is 0. The van der Waals surface area contributed by atoms with E-state index in [0.717, 1.165) is 11.1 Å². The van der Waals surface area contributed by atoms with Gasteiger partial charge in [-0.15, -0.1) is 0 Å². The first-order valence-electron chi connectivity index (χ1n) is 6.44. The number of nitrogens with one attached hydrogen (secondary N) is 1. The van der Waals surface area contributed by atoms with E-state index in [1.807, 2.05) is 13.0 Å². The molecule has 1 aromatic rings. The fraction of sp³-hybridized carbons (Fsp3) is 0.571. The zero-order valence-electron chi connectivity index (χ0n) is 10.4. The summed E-state index contributed by atoms with van der Waals surface area (Å²) in [6, 6.07) is 5.14. The van der Waals surface area contributed by atoms with E-state index in [-0.39, 0.29) is 11.9 Å². The number of halogens is 1. The van der Waals surface area contributed by atoms with Crippen LogP contribution in [0.15, 0.2) is 18.2 Å². The molecule has 0 aliphatic heterocycles. The van der Waals surface area contributed by atoms with Crippen LogP contribution in [0.3, 0.4) is 0 Å². The molecule has 1 aliphatic rings. The number of nitrogens with two attached hydrogens (primary N) is 1. The van der Waals surface area contributed by atoms with Gasteiger partial charge in [0.05, 0.1) is 0 Å². The molecule has 0 radical (unpaired) electrons. The molecule has 0 aromatic heterocycles. The molecule has 1 unspecified atom stereocenters. The average molecular weight is 236 g/mol. The molecule has 1 saturated carbocycles. The predicted octanol–water partition coefficient (Wildman–Crippen LogP) is 3.22. The molecule has 0 spiro atoms. The SMILES string of the molecule is Cc1cc(F)ccc1C(NN)C1CCCCC1. The first kappa shape index (κ1) is 12.5. The quantitative estimate of drug-likeness (QED) is 0.624. The van der Waals surface area contributed by atoms with Crippen molar-refractivity contribution < 1.29 is 4.39 Å². The Morgan fingerprint density at radius 2 is 2.00 bits per heavy atom. The molecule has 0 heterocycles. The summed E-state index contributed by atoms with van der Waals surface area (Å²) in [6.45, 7) is 1.95. The summed E-state index contributed by atoms with van der Waals surface area (Å²) in [5, 5.41) is 0. The Kier molecular flexibility index (Phi) is 4.13. The highest BCUT2D eigenvalue weighted by Gasteiger charge is 2.25. The van der Waals surface area contributed by atoms with Gasteiger partial charge in [-0.25, -0.2) is 4.39 Å². The van der Waals surface area contributed by atoms with Gasteiger partial charge >= 0.3 is 0 Å². The predicted molar refractivity (Wildman–Crippen MR) is 67.8 cm³/mol. The minimum atomic E-state index is -0.175. The minimum absolute atomic E-state index is 0.163. The fourth-order valence-corrected chi connectivity index (χ4v) is 2.94. The van der Waals surface area contributed by atoms with Crippen LogP contribution in [0.1, 0.15) is 49.3 Å². The normalized spacial score (nSPS) is 19.2. The molecule has 2 rings (SSSR count). The van der Waals surface area contributed by atoms with E-state index in [1.54, 1.807) is 6.07 Å². The van der Waals surface area contributed by atoms with Gasteiger partial charge in [-0.1, -0.05) is 25.3 Å². The molecule has 2 nitrogen and oxygen atoms in total. The van der Waals surface area contributed by atoms with Crippen LogP contribution >= 0.6 is 0 Å². The van der Waals surface area contributed by atoms with Crippen molar-refractivity contribution in [1.29, 1.82) is 0 Å². The summed E-state index contributed by atoms with van der Waals surface area (Å²) in [6.07, 6.45) is 6.32. The fourth-order valence-electron chi connectivity index (χ4n) is 2.94. The van der Waals surface area contributed by atoms with Crippen molar-refractivity contribution in [3.05, 3.63) is 35.1 Å². The Bertz CT molecular complexity index is 372. The number of hydrazine groups is 1. The standard InChI is InChI=1S/C14H21FN2/c1-10-9-12(15)7-8-13(10)14(17-16)11-5-3-2-4-6-11/h7-9,11,14,17H,2-6,16H2,1H3. The number of hydrogen-bond acceptors (Lipinski definition) is 2. The van der Waals surface area contributed by atoms with Crippen molar-refractivity contribution >= 4 is 0 Å². The van der Waals surface area contributed by atoms with Crippen LogP contribution in [0.25, 0.3) is 0 Å². The van der Waals surface area contributed by atoms with Crippen LogP contribution in [-0.2, 0) is 0 Å². The van der Waals surface area contributed by atoms with Gasteiger partial charge < -0.3 is 0 Å². The maximum Gasteiger partial charge on any atom is 0.123 e. The summed E-state index contributed by atoms with van der Waals surface area (Å²) in [4.78, 5) is 0. The van der Waals surface area contributed by atoms with Crippen LogP contribution in [0.5, 0.6) is 0 Å². The van der Waals surface area contributed by atoms with Gasteiger partial charge in [0.1, 0.15) is 5.82 Å². The van der Waals surface area contributed by atoms with Crippen LogP contribution in [0, 0.1) is 18.7 Å². The van der Waals surface area contributed by atoms with Gasteiger partial charge in [-0.2, -0.15) is 0 Å². The highest BCUT2D eigenvalue weighted by Crippen LogP contribution is 2.35. The zero-order valence-corrected chi connectivity index (χ0v) is 10.4. The average Bonchev–Trinajstić information content (AvgIpc) is 2.34. The van der Waals surface area contributed by atoms with Crippen molar-refractivity contribution in [3.63, 3.8) is 0 Å². The number of rotatable bonds is 3. The lowest BCUT2D eigenvalue weighted by Crippen LogP contribution is -2.35. The third-order valence-electron chi connectivity index (χ3n) is 3.87. The van der Waals surface area contributed by atoms with E-state index in [2.05, 4.69) is 5.43 Å². The Labute approximate surface area is 102 Å². The molecule has 1 aliphatic carbocycles. The van der Waals surface area contributed by atoms with E-state index < -0.39 is 0 Å². The lowest BCUT2D eigenvalue weighted by molar-refractivity contribution is 0.273. The second-order valence-corrected chi connectivity index (χ2v) is 5.04. The molecule has 0 saturated heterocycles. The number of benzene rings is 1. The summed E-state index contributed by atoms with van der Waals surface area (Å²) in [5.74, 6) is 6.10. The monoisotopic (exact) mass is 236 g/mol. The van der Waals surface area contributed by atoms with E-state index in [9.17, 15) is 4.39 Å². The van der Waals surface area contributed by atoms with Gasteiger partial charge in [0, 0.05) is 6.04 Å². The van der Waals surface area contributed by atoms with E-state index >= 15 is 0 Å². The van der Waals surface area contributed by atoms with Gasteiger partial charge in [0.2, 0.25) is 0 Å². The highest BCUT2D eigenvalue weighted by molar-refractivity contribution is 5.30. The highest BCUT2D eigenvalue weighted by atomic mass is 19.1. The third-order valence-corrected chi connectivity index (χ3v) is 3.87. The van der Waals surface area contributed by atoms with Crippen molar-refractivity contribution in [3.8, 4) is 0 Å². The Morgan fingerprint density at radius 3 is 2.59 bits per heavy atom. The maximum absolute atomic E-state index is 13.1. The van der Waals surface area contributed by atoms with Crippen molar-refractivity contribution in [2.75, 3.05) is 0 Å². The van der Waals surface area contributed by atoms with Crippen molar-refractivity contribution in [2.24, 2.45) is 11.8 Å². The Balaban J connectivity index is 2.21. The first-order chi connectivity index (χ1) is 8.22. The minimum Gasteiger partial charge on any atom is -0.271 e. The molecule has 3 N–H and O–H groups in total. The van der Waals surface area contributed by atoms with E-state index in [4.69, 9.17) is 5.84 Å². The summed E-state index contributed by atoms with van der Waals surface area (Å²) in [5.41, 5.74) is 5.05. The number of hydrogen-bond donors (Lipinski definition) is 2. The van der Waals surface area contributed by atoms with Gasteiger partial charge in [0.25, 0.3) is 0 Å². The lowest BCUT2D eigenvalue weighted by atomic mass is 9.80. The molecular formula is C14H21FN2. The van der Waals surface area contributed by atoms with Crippen LogP contribution in [0.4, 0.5) is 4.39 Å². The molecule has 1 aromatic carbocycles. The summed E-state index contributed by atoms with van der Waals surface area (Å²) < 4.78 is 13.1. The molecule has 1 fully saturated rings. The lowest BCUT2D eigenvalue weighted by Gasteiger charge is -2.31. The van der Waals surface area contributed by atoms with Crippen LogP contribution < -0.4 is 11.3 Å². The second kappa shape index (κ2) is 5.61. The molecule has 0 bridgehead atoms. The van der Waals surface area contributed by atoms with Crippen molar-refractivity contribution in [2.45, 2.75) is 45.1 Å². The first-order valence-corrected chi connectivity index (χ1v) is 6.44. The summed E-state index contributed by atoms with van der Waals surface area (Å²) >= 11 is 0. The molecule has 94 valence electrons. The van der Waals surface area contributed by atoms with Crippen LogP contribution in [0.2, 0.25) is 0 Å². The van der Waals surface area contributed by atoms with E-state index in [1.165, 1.54) is 38.2 Å². The largest absolute Gasteiger partial charge is 0.271 e. The second-order valence-electron chi connectivity index (χ2n) is 5.04. The van der Waals surface area contributed by atoms with Gasteiger partial charge in [-0.05, 0) is 48.9 Å². The number of aryl methyl sites for hydroxylation is 1. The van der Waals surface area contributed by atoms with Crippen LogP contribution in [-0.4, -0.2) is 0 Å². The molecule has 1 atom stereocenters. The Hall–Kier alpha value is -0.930. The molecule has 3 heteroatoms. The maximum atomic E-state index is 13.1. The molecule has 17 heavy (non-hydrogen) atoms. The van der Waals surface area contributed by atoms with Gasteiger partial charge in [0.15, 0.2) is 0 Å². The Morgan fingerprint density at radius 1 is 1.29 bits per heavy atom.